The van der Waals surface area contributed by atoms with E-state index in [4.69, 9.17) is 14.5 Å². The number of aliphatic imine (C=N–C) groups is 1. The molecule has 0 radical (unpaired) electrons. The third kappa shape index (κ3) is 5.63. The predicted molar refractivity (Wildman–Crippen MR) is 118 cm³/mol. The number of hydrogen-bond donors (Lipinski definition) is 3. The van der Waals surface area contributed by atoms with E-state index in [1.54, 1.807) is 0 Å². The van der Waals surface area contributed by atoms with Gasteiger partial charge >= 0.3 is 0 Å². The average molecular weight is 489 g/mol. The van der Waals surface area contributed by atoms with Crippen molar-refractivity contribution in [2.45, 2.75) is 52.7 Å². The SMILES string of the molecule is CCNC(=NCc1cc2c(cc1OCC)CC(C)O2)NCC1(CO)CC1.I. The van der Waals surface area contributed by atoms with Gasteiger partial charge in [-0.3, -0.25) is 0 Å². The van der Waals surface area contributed by atoms with Crippen LogP contribution in [0, 0.1) is 5.41 Å². The highest BCUT2D eigenvalue weighted by molar-refractivity contribution is 14.0. The van der Waals surface area contributed by atoms with E-state index < -0.39 is 0 Å². The number of halogens is 1. The lowest BCUT2D eigenvalue weighted by atomic mass is 10.1. The zero-order valence-electron chi connectivity index (χ0n) is 16.5. The number of aliphatic hydroxyl groups is 1. The number of hydrogen-bond acceptors (Lipinski definition) is 4. The molecule has 3 N–H and O–H groups in total. The molecule has 27 heavy (non-hydrogen) atoms. The molecule has 1 fully saturated rings. The number of benzene rings is 1. The molecule has 152 valence electrons. The van der Waals surface area contributed by atoms with Gasteiger partial charge in [-0.2, -0.15) is 0 Å². The Morgan fingerprint density at radius 2 is 2.11 bits per heavy atom. The fraction of sp³-hybridized carbons (Fsp3) is 0.650. The molecule has 0 bridgehead atoms. The van der Waals surface area contributed by atoms with Crippen molar-refractivity contribution in [2.24, 2.45) is 10.4 Å². The van der Waals surface area contributed by atoms with Crippen LogP contribution in [0.15, 0.2) is 17.1 Å². The summed E-state index contributed by atoms with van der Waals surface area (Å²) in [5.74, 6) is 2.60. The maximum Gasteiger partial charge on any atom is 0.191 e. The van der Waals surface area contributed by atoms with Crippen LogP contribution < -0.4 is 20.1 Å². The summed E-state index contributed by atoms with van der Waals surface area (Å²) in [6.07, 6.45) is 3.28. The number of guanidine groups is 1. The molecule has 3 rings (SSSR count). The topological polar surface area (TPSA) is 75.1 Å². The van der Waals surface area contributed by atoms with Gasteiger partial charge in [-0.15, -0.1) is 24.0 Å². The second-order valence-corrected chi connectivity index (χ2v) is 7.34. The summed E-state index contributed by atoms with van der Waals surface area (Å²) in [7, 11) is 0. The molecule has 0 saturated heterocycles. The lowest BCUT2D eigenvalue weighted by molar-refractivity contribution is 0.212. The molecular formula is C20H32IN3O3. The standard InChI is InChI=1S/C20H31N3O3.HI/c1-4-21-19(23-12-20(13-24)6-7-20)22-11-16-10-18-15(8-14(3)26-18)9-17(16)25-5-2;/h9-10,14,24H,4-8,11-13H2,1-3H3,(H2,21,22,23);1H. The minimum atomic E-state index is 0. The Labute approximate surface area is 179 Å². The first-order valence-corrected chi connectivity index (χ1v) is 9.67. The molecule has 1 aromatic rings. The van der Waals surface area contributed by atoms with Gasteiger partial charge in [0.15, 0.2) is 5.96 Å². The molecule has 1 aromatic carbocycles. The summed E-state index contributed by atoms with van der Waals surface area (Å²) in [5, 5.41) is 16.1. The number of fused-ring (bicyclic) bond motifs is 1. The molecule has 7 heteroatoms. The Bertz CT molecular complexity index is 662. The summed E-state index contributed by atoms with van der Waals surface area (Å²) >= 11 is 0. The van der Waals surface area contributed by atoms with Crippen molar-refractivity contribution in [1.29, 1.82) is 0 Å². The Morgan fingerprint density at radius 3 is 2.74 bits per heavy atom. The zero-order chi connectivity index (χ0) is 18.6. The summed E-state index contributed by atoms with van der Waals surface area (Å²) in [6, 6.07) is 4.16. The Kier molecular flexibility index (Phi) is 8.03. The molecule has 1 saturated carbocycles. The van der Waals surface area contributed by atoms with Gasteiger partial charge in [-0.25, -0.2) is 4.99 Å². The predicted octanol–water partition coefficient (Wildman–Crippen LogP) is 2.85. The third-order valence-corrected chi connectivity index (χ3v) is 5.05. The average Bonchev–Trinajstić information content (AvgIpc) is 3.32. The number of nitrogens with one attached hydrogen (secondary N) is 2. The van der Waals surface area contributed by atoms with Gasteiger partial charge < -0.3 is 25.2 Å². The van der Waals surface area contributed by atoms with Gasteiger partial charge in [-0.1, -0.05) is 0 Å². The first-order valence-electron chi connectivity index (χ1n) is 9.67. The summed E-state index contributed by atoms with van der Waals surface area (Å²) in [5.41, 5.74) is 2.28. The molecule has 1 heterocycles. The first-order chi connectivity index (χ1) is 12.6. The van der Waals surface area contributed by atoms with E-state index >= 15 is 0 Å². The fourth-order valence-corrected chi connectivity index (χ4v) is 3.24. The molecule has 2 aliphatic rings. The van der Waals surface area contributed by atoms with Gasteiger partial charge in [0.1, 0.15) is 17.6 Å². The maximum atomic E-state index is 9.48. The summed E-state index contributed by atoms with van der Waals surface area (Å²) < 4.78 is 11.7. The van der Waals surface area contributed by atoms with Gasteiger partial charge in [0.2, 0.25) is 0 Å². The van der Waals surface area contributed by atoms with E-state index in [9.17, 15) is 5.11 Å². The van der Waals surface area contributed by atoms with E-state index in [1.807, 2.05) is 13.8 Å². The molecule has 0 spiro atoms. The second kappa shape index (κ2) is 9.82. The maximum absolute atomic E-state index is 9.48. The Morgan fingerprint density at radius 1 is 1.33 bits per heavy atom. The van der Waals surface area contributed by atoms with Crippen molar-refractivity contribution in [3.63, 3.8) is 0 Å². The van der Waals surface area contributed by atoms with Crippen molar-refractivity contribution in [2.75, 3.05) is 26.3 Å². The minimum absolute atomic E-state index is 0. The lowest BCUT2D eigenvalue weighted by Gasteiger charge is -2.17. The van der Waals surface area contributed by atoms with Crippen LogP contribution >= 0.6 is 24.0 Å². The molecule has 1 aliphatic carbocycles. The van der Waals surface area contributed by atoms with Crippen LogP contribution in [-0.4, -0.2) is 43.5 Å². The normalized spacial score (nSPS) is 19.6. The summed E-state index contributed by atoms with van der Waals surface area (Å²) in [4.78, 5) is 4.71. The zero-order valence-corrected chi connectivity index (χ0v) is 18.8. The molecule has 0 amide bonds. The number of ether oxygens (including phenoxy) is 2. The molecule has 1 aliphatic heterocycles. The molecular weight excluding hydrogens is 457 g/mol. The van der Waals surface area contributed by atoms with E-state index in [2.05, 4.69) is 29.7 Å². The van der Waals surface area contributed by atoms with Crippen LogP contribution in [0.3, 0.4) is 0 Å². The van der Waals surface area contributed by atoms with Crippen LogP contribution in [0.1, 0.15) is 44.7 Å². The molecule has 0 aromatic heterocycles. The van der Waals surface area contributed by atoms with Gasteiger partial charge in [0.25, 0.3) is 0 Å². The highest BCUT2D eigenvalue weighted by atomic mass is 127. The van der Waals surface area contributed by atoms with Crippen LogP contribution in [0.5, 0.6) is 11.5 Å². The first kappa shape index (κ1) is 22.1. The molecule has 1 unspecified atom stereocenters. The highest BCUT2D eigenvalue weighted by Crippen LogP contribution is 2.44. The monoisotopic (exact) mass is 489 g/mol. The van der Waals surface area contributed by atoms with Crippen molar-refractivity contribution < 1.29 is 14.6 Å². The van der Waals surface area contributed by atoms with Crippen LogP contribution in [0.4, 0.5) is 0 Å². The third-order valence-electron chi connectivity index (χ3n) is 5.05. The van der Waals surface area contributed by atoms with Crippen molar-refractivity contribution >= 4 is 29.9 Å². The Hall–Kier alpha value is -1.22. The van der Waals surface area contributed by atoms with Crippen molar-refractivity contribution in [3.05, 3.63) is 23.3 Å². The van der Waals surface area contributed by atoms with Crippen LogP contribution in [0.25, 0.3) is 0 Å². The molecule has 1 atom stereocenters. The van der Waals surface area contributed by atoms with Crippen molar-refractivity contribution in [1.82, 2.24) is 10.6 Å². The minimum Gasteiger partial charge on any atom is -0.494 e. The van der Waals surface area contributed by atoms with Crippen molar-refractivity contribution in [3.8, 4) is 11.5 Å². The number of nitrogens with zero attached hydrogens (tertiary/aromatic N) is 1. The van der Waals surface area contributed by atoms with Gasteiger partial charge in [0, 0.05) is 36.1 Å². The van der Waals surface area contributed by atoms with Gasteiger partial charge in [0.05, 0.1) is 19.8 Å². The van der Waals surface area contributed by atoms with E-state index in [0.717, 1.165) is 55.4 Å². The Balaban J connectivity index is 0.00000261. The number of aliphatic hydroxyl groups excluding tert-OH is 1. The molecule has 6 nitrogen and oxygen atoms in total. The van der Waals surface area contributed by atoms with E-state index in [0.29, 0.717) is 13.2 Å². The smallest absolute Gasteiger partial charge is 0.191 e. The van der Waals surface area contributed by atoms with E-state index in [1.165, 1.54) is 5.56 Å². The number of rotatable bonds is 8. The van der Waals surface area contributed by atoms with Crippen LogP contribution in [0.2, 0.25) is 0 Å². The van der Waals surface area contributed by atoms with Gasteiger partial charge in [-0.05, 0) is 45.7 Å². The largest absolute Gasteiger partial charge is 0.494 e. The lowest BCUT2D eigenvalue weighted by Crippen LogP contribution is -2.41. The fourth-order valence-electron chi connectivity index (χ4n) is 3.24. The second-order valence-electron chi connectivity index (χ2n) is 7.34. The van der Waals surface area contributed by atoms with E-state index in [-0.39, 0.29) is 42.1 Å². The van der Waals surface area contributed by atoms with Crippen LogP contribution in [-0.2, 0) is 13.0 Å². The summed E-state index contributed by atoms with van der Waals surface area (Å²) in [6.45, 7) is 9.04. The quantitative estimate of drug-likeness (QED) is 0.298. The highest BCUT2D eigenvalue weighted by Gasteiger charge is 2.41.